The van der Waals surface area contributed by atoms with Gasteiger partial charge in [-0.25, -0.2) is 4.98 Å². The second-order valence-electron chi connectivity index (χ2n) is 3.40. The van der Waals surface area contributed by atoms with E-state index in [4.69, 9.17) is 11.6 Å². The summed E-state index contributed by atoms with van der Waals surface area (Å²) in [6.45, 7) is 2.15. The van der Waals surface area contributed by atoms with Crippen molar-refractivity contribution in [3.05, 3.63) is 10.0 Å². The Hall–Kier alpha value is -0.260. The summed E-state index contributed by atoms with van der Waals surface area (Å²) in [6, 6.07) is 0.428. The van der Waals surface area contributed by atoms with Crippen molar-refractivity contribution in [2.45, 2.75) is 19.4 Å². The zero-order valence-corrected chi connectivity index (χ0v) is 12.0. The second-order valence-corrected chi connectivity index (χ2v) is 5.68. The highest BCUT2D eigenvalue weighted by Gasteiger charge is 2.18. The zero-order chi connectivity index (χ0) is 12.1. The van der Waals surface area contributed by atoms with E-state index in [0.717, 1.165) is 23.6 Å². The summed E-state index contributed by atoms with van der Waals surface area (Å²) in [7, 11) is 1.99. The Kier molecular flexibility index (Phi) is 5.58. The molecule has 1 rings (SSSR count). The summed E-state index contributed by atoms with van der Waals surface area (Å²) in [5.74, 6) is 1.04. The number of nitrogens with zero attached hydrogens (tertiary/aromatic N) is 2. The fourth-order valence-corrected chi connectivity index (χ4v) is 3.32. The van der Waals surface area contributed by atoms with Gasteiger partial charge in [-0.1, -0.05) is 29.9 Å². The minimum Gasteiger partial charge on any atom is -0.347 e. The van der Waals surface area contributed by atoms with Gasteiger partial charge in [0.2, 0.25) is 0 Å². The molecule has 0 fully saturated rings. The Morgan fingerprint density at radius 2 is 2.38 bits per heavy atom. The molecule has 0 bridgehead atoms. The first-order valence-corrected chi connectivity index (χ1v) is 7.56. The Labute approximate surface area is 109 Å². The van der Waals surface area contributed by atoms with Crippen LogP contribution < -0.4 is 4.90 Å². The molecular formula is C10H15ClN2OS2. The van der Waals surface area contributed by atoms with Gasteiger partial charge in [-0.2, -0.15) is 11.8 Å². The van der Waals surface area contributed by atoms with E-state index in [2.05, 4.69) is 23.1 Å². The van der Waals surface area contributed by atoms with Crippen LogP contribution in [0.1, 0.15) is 23.0 Å². The van der Waals surface area contributed by atoms with E-state index in [-0.39, 0.29) is 0 Å². The lowest BCUT2D eigenvalue weighted by molar-refractivity contribution is 0.112. The number of thiazole rings is 1. The van der Waals surface area contributed by atoms with Crippen LogP contribution in [-0.2, 0) is 0 Å². The van der Waals surface area contributed by atoms with Crippen LogP contribution in [0.25, 0.3) is 0 Å². The SMILES string of the molecule is CCC(CSC)N(C)c1nc(Cl)c(C=O)s1. The highest BCUT2D eigenvalue weighted by atomic mass is 35.5. The van der Waals surface area contributed by atoms with Crippen LogP contribution in [0, 0.1) is 0 Å². The fourth-order valence-electron chi connectivity index (χ4n) is 1.38. The first-order chi connectivity index (χ1) is 7.63. The third-order valence-corrected chi connectivity index (χ3v) is 4.57. The molecule has 1 unspecified atom stereocenters. The highest BCUT2D eigenvalue weighted by molar-refractivity contribution is 7.98. The van der Waals surface area contributed by atoms with Gasteiger partial charge in [-0.3, -0.25) is 4.79 Å². The van der Waals surface area contributed by atoms with E-state index in [0.29, 0.717) is 16.1 Å². The first-order valence-electron chi connectivity index (χ1n) is 4.97. The first kappa shape index (κ1) is 13.8. The molecule has 1 aromatic rings. The number of halogens is 1. The summed E-state index contributed by atoms with van der Waals surface area (Å²) >= 11 is 9.00. The Bertz CT molecular complexity index is 357. The molecule has 0 radical (unpaired) electrons. The summed E-state index contributed by atoms with van der Waals surface area (Å²) in [6.07, 6.45) is 3.89. The Balaban J connectivity index is 2.85. The molecule has 0 aromatic carbocycles. The van der Waals surface area contributed by atoms with Crippen LogP contribution in [0.5, 0.6) is 0 Å². The molecule has 1 heterocycles. The van der Waals surface area contributed by atoms with Gasteiger partial charge in [0.1, 0.15) is 4.88 Å². The lowest BCUT2D eigenvalue weighted by Crippen LogP contribution is -2.32. The molecular weight excluding hydrogens is 264 g/mol. The van der Waals surface area contributed by atoms with E-state index in [1.807, 2.05) is 7.05 Å². The molecule has 1 aromatic heterocycles. The average Bonchev–Trinajstić information content (AvgIpc) is 2.66. The van der Waals surface area contributed by atoms with Crippen molar-refractivity contribution in [2.24, 2.45) is 0 Å². The summed E-state index contributed by atoms with van der Waals surface area (Å²) in [5.41, 5.74) is 0. The van der Waals surface area contributed by atoms with E-state index >= 15 is 0 Å². The predicted molar refractivity (Wildman–Crippen MR) is 73.4 cm³/mol. The maximum atomic E-state index is 10.7. The van der Waals surface area contributed by atoms with Crippen molar-refractivity contribution in [1.82, 2.24) is 4.98 Å². The van der Waals surface area contributed by atoms with Crippen molar-refractivity contribution in [1.29, 1.82) is 0 Å². The van der Waals surface area contributed by atoms with E-state index in [9.17, 15) is 4.79 Å². The maximum Gasteiger partial charge on any atom is 0.187 e. The molecule has 6 heteroatoms. The number of carbonyl (C=O) groups excluding carboxylic acids is 1. The Morgan fingerprint density at radius 3 is 2.81 bits per heavy atom. The van der Waals surface area contributed by atoms with Crippen LogP contribution >= 0.6 is 34.7 Å². The molecule has 0 amide bonds. The van der Waals surface area contributed by atoms with Gasteiger partial charge in [-0.15, -0.1) is 0 Å². The number of rotatable bonds is 6. The summed E-state index contributed by atoms with van der Waals surface area (Å²) in [4.78, 5) is 17.5. The summed E-state index contributed by atoms with van der Waals surface area (Å²) in [5, 5.41) is 1.12. The van der Waals surface area contributed by atoms with E-state index in [1.165, 1.54) is 11.3 Å². The zero-order valence-electron chi connectivity index (χ0n) is 9.57. The molecule has 90 valence electrons. The summed E-state index contributed by atoms with van der Waals surface area (Å²) < 4.78 is 0. The molecule has 1 atom stereocenters. The van der Waals surface area contributed by atoms with Crippen LogP contribution in [0.4, 0.5) is 5.13 Å². The van der Waals surface area contributed by atoms with Gasteiger partial charge in [0, 0.05) is 18.8 Å². The van der Waals surface area contributed by atoms with Gasteiger partial charge >= 0.3 is 0 Å². The van der Waals surface area contributed by atoms with Gasteiger partial charge in [0.25, 0.3) is 0 Å². The average molecular weight is 279 g/mol. The van der Waals surface area contributed by atoms with Gasteiger partial charge in [0.15, 0.2) is 16.6 Å². The van der Waals surface area contributed by atoms with Crippen LogP contribution in [-0.4, -0.2) is 36.4 Å². The molecule has 0 N–H and O–H groups in total. The maximum absolute atomic E-state index is 10.7. The molecule has 0 saturated carbocycles. The topological polar surface area (TPSA) is 33.2 Å². The third-order valence-electron chi connectivity index (χ3n) is 2.39. The standard InChI is InChI=1S/C10H15ClN2OS2/c1-4-7(6-15-3)13(2)10-12-9(11)8(5-14)16-10/h5,7H,4,6H2,1-3H3. The number of anilines is 1. The smallest absolute Gasteiger partial charge is 0.187 e. The van der Waals surface area contributed by atoms with Crippen molar-refractivity contribution < 1.29 is 4.79 Å². The fraction of sp³-hybridized carbons (Fsp3) is 0.600. The predicted octanol–water partition coefficient (Wildman–Crippen LogP) is 3.19. The minimum absolute atomic E-state index is 0.306. The number of hydrogen-bond donors (Lipinski definition) is 0. The normalized spacial score (nSPS) is 12.5. The van der Waals surface area contributed by atoms with Crippen molar-refractivity contribution in [3.8, 4) is 0 Å². The lowest BCUT2D eigenvalue weighted by Gasteiger charge is -2.25. The second kappa shape index (κ2) is 6.47. The van der Waals surface area contributed by atoms with E-state index in [1.54, 1.807) is 11.8 Å². The highest BCUT2D eigenvalue weighted by Crippen LogP contribution is 2.29. The molecule has 0 spiro atoms. The lowest BCUT2D eigenvalue weighted by atomic mass is 10.2. The van der Waals surface area contributed by atoms with Crippen molar-refractivity contribution >= 4 is 46.1 Å². The van der Waals surface area contributed by atoms with Gasteiger partial charge in [-0.05, 0) is 12.7 Å². The molecule has 0 aliphatic carbocycles. The number of carbonyl (C=O) groups is 1. The van der Waals surface area contributed by atoms with Gasteiger partial charge < -0.3 is 4.90 Å². The number of aldehydes is 1. The monoisotopic (exact) mass is 278 g/mol. The molecule has 0 saturated heterocycles. The number of hydrogen-bond acceptors (Lipinski definition) is 5. The quantitative estimate of drug-likeness (QED) is 0.749. The molecule has 16 heavy (non-hydrogen) atoms. The third kappa shape index (κ3) is 3.12. The van der Waals surface area contributed by atoms with Crippen LogP contribution in [0.2, 0.25) is 5.15 Å². The van der Waals surface area contributed by atoms with E-state index < -0.39 is 0 Å². The van der Waals surface area contributed by atoms with Crippen LogP contribution in [0.15, 0.2) is 0 Å². The molecule has 0 aliphatic rings. The minimum atomic E-state index is 0.306. The Morgan fingerprint density at radius 1 is 1.69 bits per heavy atom. The van der Waals surface area contributed by atoms with Gasteiger partial charge in [0.05, 0.1) is 0 Å². The largest absolute Gasteiger partial charge is 0.347 e. The number of thioether (sulfide) groups is 1. The van der Waals surface area contributed by atoms with Crippen molar-refractivity contribution in [2.75, 3.05) is 24.0 Å². The molecule has 3 nitrogen and oxygen atoms in total. The molecule has 0 aliphatic heterocycles. The van der Waals surface area contributed by atoms with Crippen LogP contribution in [0.3, 0.4) is 0 Å². The number of aromatic nitrogens is 1. The van der Waals surface area contributed by atoms with Crippen molar-refractivity contribution in [3.63, 3.8) is 0 Å².